The van der Waals surface area contributed by atoms with Gasteiger partial charge in [0, 0.05) is 18.1 Å². The van der Waals surface area contributed by atoms with Crippen molar-refractivity contribution in [3.05, 3.63) is 47.8 Å². The van der Waals surface area contributed by atoms with Crippen molar-refractivity contribution in [2.45, 2.75) is 26.8 Å². The van der Waals surface area contributed by atoms with Gasteiger partial charge in [0.25, 0.3) is 0 Å². The maximum atomic E-state index is 5.54. The van der Waals surface area contributed by atoms with Crippen LogP contribution in [0.3, 0.4) is 0 Å². The van der Waals surface area contributed by atoms with Crippen LogP contribution >= 0.6 is 0 Å². The van der Waals surface area contributed by atoms with Crippen LogP contribution in [0.15, 0.2) is 34.9 Å². The number of aromatic nitrogens is 3. The lowest BCUT2D eigenvalue weighted by atomic mass is 10.2. The Labute approximate surface area is 105 Å². The molecule has 92 valence electrons. The van der Waals surface area contributed by atoms with Crippen molar-refractivity contribution in [3.8, 4) is 0 Å². The number of benzene rings is 1. The standard InChI is InChI=1S/C14H15N3O/c1-3-13-15-16-14(18-13)9-17-7-6-11-8-10(2)4-5-12(11)17/h4-8H,3,9H2,1-2H3. The lowest BCUT2D eigenvalue weighted by Crippen LogP contribution is -1.98. The molecule has 0 N–H and O–H groups in total. The van der Waals surface area contributed by atoms with Gasteiger partial charge in [-0.2, -0.15) is 0 Å². The molecule has 0 fully saturated rings. The molecule has 1 aromatic carbocycles. The average Bonchev–Trinajstić information content (AvgIpc) is 2.97. The minimum absolute atomic E-state index is 0.625. The summed E-state index contributed by atoms with van der Waals surface area (Å²) in [5.41, 5.74) is 2.46. The van der Waals surface area contributed by atoms with E-state index in [4.69, 9.17) is 4.42 Å². The van der Waals surface area contributed by atoms with Gasteiger partial charge in [0.1, 0.15) is 6.54 Å². The molecule has 3 aromatic rings. The van der Waals surface area contributed by atoms with Crippen LogP contribution in [0.4, 0.5) is 0 Å². The largest absolute Gasteiger partial charge is 0.423 e. The van der Waals surface area contributed by atoms with E-state index in [1.165, 1.54) is 16.5 Å². The molecule has 0 saturated heterocycles. The van der Waals surface area contributed by atoms with Gasteiger partial charge in [0.05, 0.1) is 0 Å². The van der Waals surface area contributed by atoms with E-state index >= 15 is 0 Å². The van der Waals surface area contributed by atoms with E-state index in [1.807, 2.05) is 6.92 Å². The van der Waals surface area contributed by atoms with Crippen molar-refractivity contribution in [2.75, 3.05) is 0 Å². The van der Waals surface area contributed by atoms with Crippen LogP contribution in [-0.2, 0) is 13.0 Å². The number of fused-ring (bicyclic) bond motifs is 1. The molecule has 0 saturated carbocycles. The van der Waals surface area contributed by atoms with Crippen molar-refractivity contribution in [1.29, 1.82) is 0 Å². The molecular weight excluding hydrogens is 226 g/mol. The normalized spacial score (nSPS) is 11.2. The Kier molecular flexibility index (Phi) is 2.63. The number of hydrogen-bond donors (Lipinski definition) is 0. The Morgan fingerprint density at radius 1 is 1.17 bits per heavy atom. The summed E-state index contributed by atoms with van der Waals surface area (Å²) in [5.74, 6) is 1.35. The second-order valence-corrected chi connectivity index (χ2v) is 4.45. The first-order valence-corrected chi connectivity index (χ1v) is 6.13. The molecule has 4 nitrogen and oxygen atoms in total. The summed E-state index contributed by atoms with van der Waals surface area (Å²) in [7, 11) is 0. The van der Waals surface area contributed by atoms with Gasteiger partial charge < -0.3 is 8.98 Å². The van der Waals surface area contributed by atoms with Crippen LogP contribution in [0.5, 0.6) is 0 Å². The first-order valence-electron chi connectivity index (χ1n) is 6.13. The molecule has 0 unspecified atom stereocenters. The van der Waals surface area contributed by atoms with E-state index < -0.39 is 0 Å². The van der Waals surface area contributed by atoms with Crippen LogP contribution in [0.25, 0.3) is 10.9 Å². The molecule has 0 aliphatic heterocycles. The Morgan fingerprint density at radius 3 is 2.78 bits per heavy atom. The van der Waals surface area contributed by atoms with Gasteiger partial charge in [-0.15, -0.1) is 10.2 Å². The van der Waals surface area contributed by atoms with Crippen molar-refractivity contribution in [1.82, 2.24) is 14.8 Å². The van der Waals surface area contributed by atoms with Crippen LogP contribution < -0.4 is 0 Å². The third-order valence-electron chi connectivity index (χ3n) is 3.04. The second kappa shape index (κ2) is 4.29. The van der Waals surface area contributed by atoms with Gasteiger partial charge in [-0.25, -0.2) is 0 Å². The van der Waals surface area contributed by atoms with Crippen LogP contribution in [0.1, 0.15) is 24.3 Å². The minimum atomic E-state index is 0.625. The fourth-order valence-corrected chi connectivity index (χ4v) is 2.10. The average molecular weight is 241 g/mol. The summed E-state index contributed by atoms with van der Waals surface area (Å²) in [6.45, 7) is 4.73. The predicted molar refractivity (Wildman–Crippen MR) is 69.5 cm³/mol. The Hall–Kier alpha value is -2.10. The van der Waals surface area contributed by atoms with E-state index in [0.717, 1.165) is 6.42 Å². The number of rotatable bonds is 3. The van der Waals surface area contributed by atoms with E-state index in [0.29, 0.717) is 18.3 Å². The van der Waals surface area contributed by atoms with Gasteiger partial charge in [0.2, 0.25) is 11.8 Å². The van der Waals surface area contributed by atoms with Crippen molar-refractivity contribution in [2.24, 2.45) is 0 Å². The predicted octanol–water partition coefficient (Wildman–Crippen LogP) is 2.94. The molecule has 0 aliphatic carbocycles. The fraction of sp³-hybridized carbons (Fsp3) is 0.286. The van der Waals surface area contributed by atoms with E-state index in [1.54, 1.807) is 0 Å². The van der Waals surface area contributed by atoms with Crippen LogP contribution in [-0.4, -0.2) is 14.8 Å². The third kappa shape index (κ3) is 1.90. The van der Waals surface area contributed by atoms with Gasteiger partial charge in [-0.3, -0.25) is 0 Å². The molecule has 0 aliphatic rings. The van der Waals surface area contributed by atoms with Crippen molar-refractivity contribution >= 4 is 10.9 Å². The molecule has 3 rings (SSSR count). The summed E-state index contributed by atoms with van der Waals surface area (Å²) < 4.78 is 7.66. The number of aryl methyl sites for hydroxylation is 2. The van der Waals surface area contributed by atoms with Crippen molar-refractivity contribution < 1.29 is 4.42 Å². The van der Waals surface area contributed by atoms with Gasteiger partial charge in [-0.05, 0) is 30.5 Å². The smallest absolute Gasteiger partial charge is 0.236 e. The summed E-state index contributed by atoms with van der Waals surface area (Å²) >= 11 is 0. The molecule has 0 bridgehead atoms. The monoisotopic (exact) mass is 241 g/mol. The number of hydrogen-bond acceptors (Lipinski definition) is 3. The van der Waals surface area contributed by atoms with Gasteiger partial charge >= 0.3 is 0 Å². The summed E-state index contributed by atoms with van der Waals surface area (Å²) in [6, 6.07) is 8.53. The SMILES string of the molecule is CCc1nnc(Cn2ccc3cc(C)ccc32)o1. The zero-order valence-electron chi connectivity index (χ0n) is 10.6. The Bertz CT molecular complexity index is 681. The molecule has 0 spiro atoms. The van der Waals surface area contributed by atoms with Gasteiger partial charge in [-0.1, -0.05) is 18.6 Å². The Morgan fingerprint density at radius 2 is 2.00 bits per heavy atom. The summed E-state index contributed by atoms with van der Waals surface area (Å²) in [5, 5.41) is 9.27. The lowest BCUT2D eigenvalue weighted by Gasteiger charge is -2.01. The van der Waals surface area contributed by atoms with E-state index in [9.17, 15) is 0 Å². The highest BCUT2D eigenvalue weighted by Gasteiger charge is 2.07. The van der Waals surface area contributed by atoms with Crippen LogP contribution in [0, 0.1) is 6.92 Å². The highest BCUT2D eigenvalue weighted by Crippen LogP contribution is 2.18. The fourth-order valence-electron chi connectivity index (χ4n) is 2.10. The maximum absolute atomic E-state index is 5.54. The summed E-state index contributed by atoms with van der Waals surface area (Å²) in [4.78, 5) is 0. The Balaban J connectivity index is 1.95. The molecular formula is C14H15N3O. The highest BCUT2D eigenvalue weighted by molar-refractivity contribution is 5.80. The second-order valence-electron chi connectivity index (χ2n) is 4.45. The number of nitrogens with zero attached hydrogens (tertiary/aromatic N) is 3. The first kappa shape index (κ1) is 11.0. The molecule has 2 aromatic heterocycles. The minimum Gasteiger partial charge on any atom is -0.423 e. The first-order chi connectivity index (χ1) is 8.76. The van der Waals surface area contributed by atoms with Gasteiger partial charge in [0.15, 0.2) is 0 Å². The molecule has 0 amide bonds. The maximum Gasteiger partial charge on any atom is 0.236 e. The molecule has 18 heavy (non-hydrogen) atoms. The topological polar surface area (TPSA) is 43.9 Å². The zero-order chi connectivity index (χ0) is 12.5. The summed E-state index contributed by atoms with van der Waals surface area (Å²) in [6.07, 6.45) is 2.83. The third-order valence-corrected chi connectivity index (χ3v) is 3.04. The molecule has 2 heterocycles. The van der Waals surface area contributed by atoms with E-state index in [2.05, 4.69) is 52.2 Å². The molecule has 0 atom stereocenters. The van der Waals surface area contributed by atoms with Crippen LogP contribution in [0.2, 0.25) is 0 Å². The molecule has 0 radical (unpaired) electrons. The quantitative estimate of drug-likeness (QED) is 0.708. The van der Waals surface area contributed by atoms with Crippen molar-refractivity contribution in [3.63, 3.8) is 0 Å². The van der Waals surface area contributed by atoms with E-state index in [-0.39, 0.29) is 0 Å². The zero-order valence-corrected chi connectivity index (χ0v) is 10.6. The molecule has 4 heteroatoms. The lowest BCUT2D eigenvalue weighted by molar-refractivity contribution is 0.444. The highest BCUT2D eigenvalue weighted by atomic mass is 16.4.